The predicted octanol–water partition coefficient (Wildman–Crippen LogP) is 2.91. The molecule has 1 atom stereocenters. The van der Waals surface area contributed by atoms with Crippen LogP contribution in [0.15, 0.2) is 0 Å². The van der Waals surface area contributed by atoms with E-state index in [1.807, 2.05) is 0 Å². The van der Waals surface area contributed by atoms with E-state index in [2.05, 4.69) is 13.8 Å². The van der Waals surface area contributed by atoms with Crippen molar-refractivity contribution in [1.82, 2.24) is 0 Å². The van der Waals surface area contributed by atoms with Crippen molar-refractivity contribution in [2.75, 3.05) is 20.3 Å². The van der Waals surface area contributed by atoms with Crippen molar-refractivity contribution >= 4 is 0 Å². The first-order valence-electron chi connectivity index (χ1n) is 5.92. The number of ether oxygens (including phenoxy) is 1. The maximum absolute atomic E-state index is 14.2. The highest BCUT2D eigenvalue weighted by atomic mass is 19.1. The van der Waals surface area contributed by atoms with E-state index < -0.39 is 5.67 Å². The summed E-state index contributed by atoms with van der Waals surface area (Å²) < 4.78 is 19.2. The van der Waals surface area contributed by atoms with Gasteiger partial charge >= 0.3 is 0 Å². The molecule has 0 heterocycles. The van der Waals surface area contributed by atoms with Crippen molar-refractivity contribution in [1.29, 1.82) is 0 Å². The summed E-state index contributed by atoms with van der Waals surface area (Å²) in [6.07, 6.45) is 3.87. The van der Waals surface area contributed by atoms with Gasteiger partial charge in [-0.2, -0.15) is 0 Å². The summed E-state index contributed by atoms with van der Waals surface area (Å²) in [5.41, 5.74) is 4.24. The van der Waals surface area contributed by atoms with Crippen LogP contribution in [0.1, 0.15) is 46.0 Å². The molecular formula is C12H26FNO. The van der Waals surface area contributed by atoms with Crippen molar-refractivity contribution in [3.63, 3.8) is 0 Å². The van der Waals surface area contributed by atoms with E-state index in [1.165, 1.54) is 0 Å². The number of methoxy groups -OCH3 is 1. The van der Waals surface area contributed by atoms with Gasteiger partial charge < -0.3 is 10.5 Å². The van der Waals surface area contributed by atoms with Crippen molar-refractivity contribution in [3.8, 4) is 0 Å². The van der Waals surface area contributed by atoms with Crippen molar-refractivity contribution in [2.24, 2.45) is 11.7 Å². The zero-order chi connectivity index (χ0) is 11.7. The van der Waals surface area contributed by atoms with Gasteiger partial charge in [-0.05, 0) is 38.1 Å². The van der Waals surface area contributed by atoms with Crippen LogP contribution >= 0.6 is 0 Å². The average molecular weight is 219 g/mol. The van der Waals surface area contributed by atoms with Crippen molar-refractivity contribution < 1.29 is 9.13 Å². The highest BCUT2D eigenvalue weighted by molar-refractivity contribution is 4.79. The summed E-state index contributed by atoms with van der Waals surface area (Å²) in [6, 6.07) is 0. The van der Waals surface area contributed by atoms with Gasteiger partial charge in [0.2, 0.25) is 0 Å². The maximum Gasteiger partial charge on any atom is 0.134 e. The lowest BCUT2D eigenvalue weighted by atomic mass is 9.92. The third-order valence-corrected chi connectivity index (χ3v) is 2.64. The predicted molar refractivity (Wildman–Crippen MR) is 62.7 cm³/mol. The monoisotopic (exact) mass is 219 g/mol. The van der Waals surface area contributed by atoms with Gasteiger partial charge in [0.25, 0.3) is 0 Å². The van der Waals surface area contributed by atoms with Crippen molar-refractivity contribution in [2.45, 2.75) is 51.6 Å². The molecule has 0 amide bonds. The maximum atomic E-state index is 14.2. The highest BCUT2D eigenvalue weighted by Crippen LogP contribution is 2.26. The van der Waals surface area contributed by atoms with E-state index in [0.717, 1.165) is 19.3 Å². The zero-order valence-electron chi connectivity index (χ0n) is 10.4. The van der Waals surface area contributed by atoms with Crippen LogP contribution in [0, 0.1) is 5.92 Å². The smallest absolute Gasteiger partial charge is 0.134 e. The molecule has 15 heavy (non-hydrogen) atoms. The lowest BCUT2D eigenvalue weighted by molar-refractivity contribution is 0.0243. The highest BCUT2D eigenvalue weighted by Gasteiger charge is 2.28. The fraction of sp³-hybridized carbons (Fsp3) is 1.00. The standard InChI is InChI=1S/C12H26FNO/c1-11(2)6-4-7-12(13,10-15-3)8-5-9-14/h11H,4-10,14H2,1-3H3. The van der Waals surface area contributed by atoms with E-state index >= 15 is 0 Å². The number of rotatable bonds is 9. The Morgan fingerprint density at radius 1 is 1.27 bits per heavy atom. The first-order chi connectivity index (χ1) is 7.04. The van der Waals surface area contributed by atoms with Crippen LogP contribution < -0.4 is 5.73 Å². The number of hydrogen-bond donors (Lipinski definition) is 1. The molecule has 2 N–H and O–H groups in total. The Balaban J connectivity index is 3.89. The van der Waals surface area contributed by atoms with E-state index in [1.54, 1.807) is 7.11 Å². The summed E-state index contributed by atoms with van der Waals surface area (Å²) in [5.74, 6) is 0.645. The molecular weight excluding hydrogens is 193 g/mol. The molecule has 92 valence electrons. The minimum absolute atomic E-state index is 0.199. The second kappa shape index (κ2) is 8.05. The fourth-order valence-corrected chi connectivity index (χ4v) is 1.77. The third kappa shape index (κ3) is 7.74. The molecule has 0 aromatic rings. The quantitative estimate of drug-likeness (QED) is 0.647. The van der Waals surface area contributed by atoms with Crippen LogP contribution in [0.5, 0.6) is 0 Å². The van der Waals surface area contributed by atoms with Gasteiger partial charge in [0.05, 0.1) is 6.61 Å². The van der Waals surface area contributed by atoms with Crippen molar-refractivity contribution in [3.05, 3.63) is 0 Å². The summed E-state index contributed by atoms with van der Waals surface area (Å²) in [6.45, 7) is 5.08. The lowest BCUT2D eigenvalue weighted by Gasteiger charge is -2.24. The summed E-state index contributed by atoms with van der Waals surface area (Å²) in [7, 11) is 1.55. The second-order valence-corrected chi connectivity index (χ2v) is 4.76. The van der Waals surface area contributed by atoms with Crippen LogP contribution in [0.2, 0.25) is 0 Å². The Bertz CT molecular complexity index is 153. The van der Waals surface area contributed by atoms with E-state index in [0.29, 0.717) is 25.3 Å². The van der Waals surface area contributed by atoms with Gasteiger partial charge in [-0.1, -0.05) is 20.3 Å². The summed E-state index contributed by atoms with van der Waals surface area (Å²) in [5, 5.41) is 0. The topological polar surface area (TPSA) is 35.2 Å². The van der Waals surface area contributed by atoms with Gasteiger partial charge in [-0.15, -0.1) is 0 Å². The molecule has 0 fully saturated rings. The fourth-order valence-electron chi connectivity index (χ4n) is 1.77. The molecule has 0 radical (unpaired) electrons. The van der Waals surface area contributed by atoms with E-state index in [-0.39, 0.29) is 6.61 Å². The molecule has 0 aromatic heterocycles. The molecule has 0 saturated heterocycles. The number of nitrogens with two attached hydrogens (primary N) is 1. The number of alkyl halides is 1. The van der Waals surface area contributed by atoms with Gasteiger partial charge in [0, 0.05) is 7.11 Å². The molecule has 0 aliphatic carbocycles. The molecule has 1 unspecified atom stereocenters. The van der Waals surface area contributed by atoms with Gasteiger partial charge in [0.15, 0.2) is 0 Å². The Morgan fingerprint density at radius 3 is 2.33 bits per heavy atom. The average Bonchev–Trinajstić information content (AvgIpc) is 2.15. The first-order valence-corrected chi connectivity index (χ1v) is 5.92. The van der Waals surface area contributed by atoms with Crippen LogP contribution in [-0.4, -0.2) is 25.9 Å². The van der Waals surface area contributed by atoms with Crippen LogP contribution in [0.3, 0.4) is 0 Å². The lowest BCUT2D eigenvalue weighted by Crippen LogP contribution is -2.30. The van der Waals surface area contributed by atoms with E-state index in [4.69, 9.17) is 10.5 Å². The van der Waals surface area contributed by atoms with Crippen LogP contribution in [0.25, 0.3) is 0 Å². The van der Waals surface area contributed by atoms with E-state index in [9.17, 15) is 4.39 Å². The minimum atomic E-state index is -1.16. The second-order valence-electron chi connectivity index (χ2n) is 4.76. The number of hydrogen-bond acceptors (Lipinski definition) is 2. The number of halogens is 1. The Labute approximate surface area is 93.4 Å². The Morgan fingerprint density at radius 2 is 1.87 bits per heavy atom. The normalized spacial score (nSPS) is 15.6. The SMILES string of the molecule is COCC(F)(CCCN)CCCC(C)C. The summed E-state index contributed by atoms with van der Waals surface area (Å²) in [4.78, 5) is 0. The Kier molecular flexibility index (Phi) is 7.97. The van der Waals surface area contributed by atoms with Gasteiger partial charge in [-0.3, -0.25) is 0 Å². The molecule has 0 aliphatic rings. The molecule has 0 saturated carbocycles. The van der Waals surface area contributed by atoms with Gasteiger partial charge in [-0.25, -0.2) is 4.39 Å². The molecule has 0 aliphatic heterocycles. The van der Waals surface area contributed by atoms with Crippen LogP contribution in [0.4, 0.5) is 4.39 Å². The largest absolute Gasteiger partial charge is 0.381 e. The Hall–Kier alpha value is -0.150. The molecule has 0 rings (SSSR count). The summed E-state index contributed by atoms with van der Waals surface area (Å²) >= 11 is 0. The first kappa shape index (κ1) is 14.8. The molecule has 0 aromatic carbocycles. The molecule has 2 nitrogen and oxygen atoms in total. The third-order valence-electron chi connectivity index (χ3n) is 2.64. The van der Waals surface area contributed by atoms with Crippen LogP contribution in [-0.2, 0) is 4.74 Å². The zero-order valence-corrected chi connectivity index (χ0v) is 10.4. The molecule has 0 bridgehead atoms. The molecule has 0 spiro atoms. The van der Waals surface area contributed by atoms with Gasteiger partial charge in [0.1, 0.15) is 5.67 Å². The minimum Gasteiger partial charge on any atom is -0.381 e. The molecule has 3 heteroatoms.